The molecular weight excluding hydrogens is 339 g/mol. The van der Waals surface area contributed by atoms with Crippen molar-refractivity contribution in [3.05, 3.63) is 24.2 Å². The zero-order valence-electron chi connectivity index (χ0n) is 12.6. The Morgan fingerprint density at radius 3 is 2.57 bits per heavy atom. The summed E-state index contributed by atoms with van der Waals surface area (Å²) in [6, 6.07) is -1.39. The summed E-state index contributed by atoms with van der Waals surface area (Å²) in [7, 11) is -3.39. The molecule has 0 aromatic rings. The van der Waals surface area contributed by atoms with E-state index in [1.165, 1.54) is 9.80 Å². The monoisotopic (exact) mass is 352 g/mol. The molecule has 3 rings (SSSR count). The molecule has 1 unspecified atom stereocenters. The molecule has 0 aromatic carbocycles. The number of hydrogen-bond donors (Lipinski definition) is 0. The van der Waals surface area contributed by atoms with Crippen LogP contribution in [0, 0.1) is 0 Å². The summed E-state index contributed by atoms with van der Waals surface area (Å²) >= 11 is 0. The maximum atomic E-state index is 12.0. The van der Waals surface area contributed by atoms with Crippen LogP contribution in [0.15, 0.2) is 24.2 Å². The van der Waals surface area contributed by atoms with Gasteiger partial charge in [-0.3, -0.25) is 4.79 Å². The first-order valence-corrected chi connectivity index (χ1v) is 7.73. The maximum Gasteiger partial charge on any atom is 1.00 e. The summed E-state index contributed by atoms with van der Waals surface area (Å²) in [6.07, 6.45) is 4.91. The Bertz CT molecular complexity index is 693. The number of carbonyl (C=O) groups is 2. The SMILES string of the molecule is CN1C=CN(C2=CC3CN(C2)C(=O)N3OS(=O)(=O)[O-])CC1=O.[Na+]. The maximum absolute atomic E-state index is 12.0. The Labute approximate surface area is 155 Å². The average molecular weight is 352 g/mol. The van der Waals surface area contributed by atoms with E-state index in [1.54, 1.807) is 30.4 Å². The van der Waals surface area contributed by atoms with E-state index >= 15 is 0 Å². The summed E-state index contributed by atoms with van der Waals surface area (Å²) in [5.41, 5.74) is 0.664. The second-order valence-electron chi connectivity index (χ2n) is 5.13. The quantitative estimate of drug-likeness (QED) is 0.286. The molecule has 0 radical (unpaired) electrons. The molecule has 1 atom stereocenters. The van der Waals surface area contributed by atoms with Crippen LogP contribution >= 0.6 is 0 Å². The molecule has 12 heteroatoms. The Morgan fingerprint density at radius 2 is 1.96 bits per heavy atom. The van der Waals surface area contributed by atoms with Crippen LogP contribution < -0.4 is 29.6 Å². The minimum absolute atomic E-state index is 0. The van der Waals surface area contributed by atoms with Crippen molar-refractivity contribution in [2.24, 2.45) is 0 Å². The van der Waals surface area contributed by atoms with Gasteiger partial charge in [0.2, 0.25) is 16.3 Å². The first-order valence-electron chi connectivity index (χ1n) is 6.39. The molecule has 3 aliphatic heterocycles. The van der Waals surface area contributed by atoms with Crippen LogP contribution in [0.5, 0.6) is 0 Å². The fourth-order valence-electron chi connectivity index (χ4n) is 2.53. The van der Waals surface area contributed by atoms with Gasteiger partial charge in [-0.25, -0.2) is 13.2 Å². The number of likely N-dealkylation sites (N-methyl/N-ethyl adjacent to an activating group) is 1. The molecule has 1 fully saturated rings. The number of hydroxylamine groups is 2. The van der Waals surface area contributed by atoms with Crippen LogP contribution in [0.25, 0.3) is 0 Å². The van der Waals surface area contributed by atoms with E-state index < -0.39 is 22.5 Å². The Balaban J connectivity index is 0.00000192. The summed E-state index contributed by atoms with van der Waals surface area (Å²) in [5, 5.41) is 0.553. The normalized spacial score (nSPS) is 24.1. The molecule has 2 bridgehead atoms. The van der Waals surface area contributed by atoms with E-state index in [9.17, 15) is 22.6 Å². The predicted octanol–water partition coefficient (Wildman–Crippen LogP) is -4.37. The third-order valence-electron chi connectivity index (χ3n) is 3.62. The van der Waals surface area contributed by atoms with Gasteiger partial charge in [0.15, 0.2) is 0 Å². The number of carbonyl (C=O) groups excluding carboxylic acids is 2. The summed E-state index contributed by atoms with van der Waals surface area (Å²) in [5.74, 6) is -0.113. The number of rotatable bonds is 3. The van der Waals surface area contributed by atoms with E-state index in [4.69, 9.17) is 0 Å². The van der Waals surface area contributed by atoms with Crippen LogP contribution in [0.2, 0.25) is 0 Å². The Hall–Kier alpha value is -1.11. The van der Waals surface area contributed by atoms with Crippen molar-refractivity contribution >= 4 is 22.3 Å². The van der Waals surface area contributed by atoms with E-state index in [0.717, 1.165) is 0 Å². The molecule has 3 heterocycles. The molecule has 3 aliphatic rings. The largest absolute Gasteiger partial charge is 1.00 e. The van der Waals surface area contributed by atoms with Gasteiger partial charge in [-0.15, -0.1) is 0 Å². The fourth-order valence-corrected chi connectivity index (χ4v) is 2.90. The summed E-state index contributed by atoms with van der Waals surface area (Å²) in [6.45, 7) is 0.549. The number of urea groups is 1. The average Bonchev–Trinajstić information content (AvgIpc) is 2.64. The minimum atomic E-state index is -5.03. The van der Waals surface area contributed by atoms with Crippen molar-refractivity contribution in [3.8, 4) is 0 Å². The van der Waals surface area contributed by atoms with E-state index in [0.29, 0.717) is 10.8 Å². The van der Waals surface area contributed by atoms with Gasteiger partial charge in [0, 0.05) is 31.7 Å². The molecule has 1 saturated heterocycles. The van der Waals surface area contributed by atoms with Crippen molar-refractivity contribution in [1.29, 1.82) is 0 Å². The van der Waals surface area contributed by atoms with Gasteiger partial charge in [0.05, 0.1) is 6.54 Å². The predicted molar refractivity (Wildman–Crippen MR) is 70.1 cm³/mol. The van der Waals surface area contributed by atoms with E-state index in [-0.39, 0.29) is 55.1 Å². The summed E-state index contributed by atoms with van der Waals surface area (Å²) in [4.78, 5) is 28.2. The first kappa shape index (κ1) is 18.2. The van der Waals surface area contributed by atoms with Gasteiger partial charge in [-0.05, 0) is 6.08 Å². The van der Waals surface area contributed by atoms with Crippen LogP contribution in [0.3, 0.4) is 0 Å². The third kappa shape index (κ3) is 3.70. The van der Waals surface area contributed by atoms with Gasteiger partial charge in [-0.1, -0.05) is 0 Å². The van der Waals surface area contributed by atoms with Crippen LogP contribution in [0.1, 0.15) is 0 Å². The van der Waals surface area contributed by atoms with Gasteiger partial charge < -0.3 is 19.3 Å². The topological polar surface area (TPSA) is 114 Å². The molecule has 0 spiro atoms. The Kier molecular flexibility index (Phi) is 5.09. The molecule has 10 nitrogen and oxygen atoms in total. The van der Waals surface area contributed by atoms with Crippen LogP contribution in [-0.2, 0) is 19.5 Å². The van der Waals surface area contributed by atoms with Crippen molar-refractivity contribution in [2.45, 2.75) is 6.04 Å². The molecule has 0 aromatic heterocycles. The van der Waals surface area contributed by atoms with Gasteiger partial charge in [0.25, 0.3) is 0 Å². The molecule has 3 amide bonds. The first-order chi connectivity index (χ1) is 10.2. The van der Waals surface area contributed by atoms with Crippen molar-refractivity contribution in [2.75, 3.05) is 26.7 Å². The molecule has 0 N–H and O–H groups in total. The molecule has 0 aliphatic carbocycles. The number of fused-ring (bicyclic) bond motifs is 2. The molecule has 0 saturated carbocycles. The zero-order valence-corrected chi connectivity index (χ0v) is 15.4. The Morgan fingerprint density at radius 1 is 1.26 bits per heavy atom. The van der Waals surface area contributed by atoms with Crippen LogP contribution in [0.4, 0.5) is 4.79 Å². The molecular formula is C11H13N4NaO6S. The van der Waals surface area contributed by atoms with Gasteiger partial charge in [0.1, 0.15) is 12.6 Å². The third-order valence-corrected chi connectivity index (χ3v) is 3.96. The standard InChI is InChI=1S/C11H14N4O6S.Na/c1-12-2-3-13(7-10(12)16)8-4-9-6-14(5-8)11(17)15(9)21-22(18,19)20;/h2-4,9H,5-7H2,1H3,(H,18,19,20);/q;+1/p-1. The fraction of sp³-hybridized carbons (Fsp3) is 0.455. The van der Waals surface area contributed by atoms with E-state index in [2.05, 4.69) is 4.28 Å². The zero-order chi connectivity index (χ0) is 16.1. The van der Waals surface area contributed by atoms with Crippen molar-refractivity contribution < 1.29 is 56.4 Å². The van der Waals surface area contributed by atoms with Crippen molar-refractivity contribution in [1.82, 2.24) is 19.8 Å². The minimum Gasteiger partial charge on any atom is -0.724 e. The molecule has 23 heavy (non-hydrogen) atoms. The second kappa shape index (κ2) is 6.42. The van der Waals surface area contributed by atoms with Crippen molar-refractivity contribution in [3.63, 3.8) is 0 Å². The smallest absolute Gasteiger partial charge is 0.724 e. The number of nitrogens with zero attached hydrogens (tertiary/aromatic N) is 4. The number of hydrogen-bond acceptors (Lipinski definition) is 7. The molecule has 120 valence electrons. The number of amides is 3. The van der Waals surface area contributed by atoms with E-state index in [1.807, 2.05) is 0 Å². The van der Waals surface area contributed by atoms with Gasteiger partial charge >= 0.3 is 35.6 Å². The van der Waals surface area contributed by atoms with Crippen LogP contribution in [-0.4, -0.2) is 77.4 Å². The van der Waals surface area contributed by atoms with Gasteiger partial charge in [-0.2, -0.15) is 9.35 Å². The second-order valence-corrected chi connectivity index (χ2v) is 6.09. The summed E-state index contributed by atoms with van der Waals surface area (Å²) < 4.78 is 36.3.